The number of aromatic amines is 1. The SMILES string of the molecule is C=C(Nc1cccc(Nc2ncc(Cl)c(-c3c[nH]c4ccccc34)n2)c1)c1ccc(NC(=O)/C=C/CN(C)C)cc1. The number of para-hydroxylation sites is 1. The summed E-state index contributed by atoms with van der Waals surface area (Å²) in [4.78, 5) is 26.4. The van der Waals surface area contributed by atoms with E-state index in [-0.39, 0.29) is 5.91 Å². The lowest BCUT2D eigenvalue weighted by atomic mass is 10.1. The number of anilines is 4. The molecule has 0 aliphatic heterocycles. The lowest BCUT2D eigenvalue weighted by molar-refractivity contribution is -0.111. The number of benzene rings is 3. The maximum Gasteiger partial charge on any atom is 0.248 e. The molecule has 0 unspecified atom stereocenters. The van der Waals surface area contributed by atoms with Gasteiger partial charge in [-0.05, 0) is 56.1 Å². The number of fused-ring (bicyclic) bond motifs is 1. The van der Waals surface area contributed by atoms with Crippen LogP contribution < -0.4 is 16.0 Å². The highest BCUT2D eigenvalue weighted by Crippen LogP contribution is 2.33. The van der Waals surface area contributed by atoms with Crippen LogP contribution in [0.5, 0.6) is 0 Å². The highest BCUT2D eigenvalue weighted by molar-refractivity contribution is 6.33. The minimum atomic E-state index is -0.167. The van der Waals surface area contributed by atoms with E-state index >= 15 is 0 Å². The average molecular weight is 564 g/mol. The number of carbonyl (C=O) groups is 1. The number of halogens is 1. The molecule has 3 aromatic carbocycles. The van der Waals surface area contributed by atoms with E-state index < -0.39 is 0 Å². The van der Waals surface area contributed by atoms with Crippen LogP contribution in [0.4, 0.5) is 23.0 Å². The van der Waals surface area contributed by atoms with Crippen LogP contribution in [0.1, 0.15) is 5.56 Å². The third kappa shape index (κ3) is 7.00. The van der Waals surface area contributed by atoms with Crippen molar-refractivity contribution in [1.29, 1.82) is 0 Å². The molecule has 9 heteroatoms. The summed E-state index contributed by atoms with van der Waals surface area (Å²) in [6.45, 7) is 4.88. The molecule has 8 nitrogen and oxygen atoms in total. The number of nitrogens with one attached hydrogen (secondary N) is 4. The molecule has 5 rings (SSSR count). The van der Waals surface area contributed by atoms with E-state index in [0.717, 1.165) is 39.1 Å². The van der Waals surface area contributed by atoms with Crippen molar-refractivity contribution in [2.45, 2.75) is 0 Å². The van der Waals surface area contributed by atoms with Gasteiger partial charge in [0.1, 0.15) is 0 Å². The Morgan fingerprint density at radius 3 is 2.59 bits per heavy atom. The third-order valence-electron chi connectivity index (χ3n) is 6.24. The van der Waals surface area contributed by atoms with Crippen LogP contribution in [-0.4, -0.2) is 46.4 Å². The molecule has 41 heavy (non-hydrogen) atoms. The normalized spacial score (nSPS) is 11.2. The topological polar surface area (TPSA) is 98.0 Å². The van der Waals surface area contributed by atoms with Crippen molar-refractivity contribution in [3.05, 3.63) is 115 Å². The number of amides is 1. The molecule has 0 aliphatic rings. The molecule has 2 aromatic heterocycles. The Morgan fingerprint density at radius 1 is 1.00 bits per heavy atom. The van der Waals surface area contributed by atoms with Crippen molar-refractivity contribution in [2.75, 3.05) is 36.6 Å². The standard InChI is InChI=1S/C32H30ClN7O/c1-21(22-13-15-23(16-14-22)37-30(41)12-7-17-40(2)3)36-24-8-6-9-25(18-24)38-32-35-20-28(33)31(39-32)27-19-34-29-11-5-4-10-26(27)29/h4-16,18-20,34,36H,1,17H2,2-3H3,(H,37,41)(H,35,38,39)/b12-7+. The number of H-pyrrole nitrogens is 1. The number of likely N-dealkylation sites (N-methyl/N-ethyl adjacent to an activating group) is 1. The molecule has 0 spiro atoms. The first-order valence-electron chi connectivity index (χ1n) is 13.0. The summed E-state index contributed by atoms with van der Waals surface area (Å²) in [5, 5.41) is 11.0. The van der Waals surface area contributed by atoms with Crippen molar-refractivity contribution in [3.63, 3.8) is 0 Å². The van der Waals surface area contributed by atoms with Crippen LogP contribution in [0.2, 0.25) is 5.02 Å². The van der Waals surface area contributed by atoms with Crippen molar-refractivity contribution in [3.8, 4) is 11.3 Å². The van der Waals surface area contributed by atoms with Crippen molar-refractivity contribution >= 4 is 57.1 Å². The van der Waals surface area contributed by atoms with Crippen molar-refractivity contribution < 1.29 is 4.79 Å². The molecule has 206 valence electrons. The monoisotopic (exact) mass is 563 g/mol. The van der Waals surface area contributed by atoms with E-state index in [2.05, 4.69) is 32.5 Å². The van der Waals surface area contributed by atoms with Gasteiger partial charge in [0, 0.05) is 58.0 Å². The van der Waals surface area contributed by atoms with Crippen LogP contribution in [0.25, 0.3) is 27.9 Å². The third-order valence-corrected chi connectivity index (χ3v) is 6.52. The molecule has 0 atom stereocenters. The summed E-state index contributed by atoms with van der Waals surface area (Å²) in [6, 6.07) is 23.3. The van der Waals surface area contributed by atoms with E-state index in [1.54, 1.807) is 6.20 Å². The zero-order chi connectivity index (χ0) is 28.8. The zero-order valence-electron chi connectivity index (χ0n) is 22.8. The lowest BCUT2D eigenvalue weighted by Crippen LogP contribution is -2.12. The van der Waals surface area contributed by atoms with E-state index in [9.17, 15) is 4.79 Å². The molecule has 0 saturated heterocycles. The lowest BCUT2D eigenvalue weighted by Gasteiger charge is -2.13. The number of carbonyl (C=O) groups excluding carboxylic acids is 1. The highest BCUT2D eigenvalue weighted by atomic mass is 35.5. The number of hydrogen-bond donors (Lipinski definition) is 4. The van der Waals surface area contributed by atoms with Crippen LogP contribution in [0, 0.1) is 0 Å². The van der Waals surface area contributed by atoms with Crippen molar-refractivity contribution in [1.82, 2.24) is 19.9 Å². The second-order valence-electron chi connectivity index (χ2n) is 9.68. The summed E-state index contributed by atoms with van der Waals surface area (Å²) < 4.78 is 0. The van der Waals surface area contributed by atoms with Gasteiger partial charge in [0.15, 0.2) is 0 Å². The maximum atomic E-state index is 12.1. The summed E-state index contributed by atoms with van der Waals surface area (Å²) in [7, 11) is 3.90. The Balaban J connectivity index is 1.24. The van der Waals surface area contributed by atoms with Gasteiger partial charge in [0.2, 0.25) is 11.9 Å². The molecule has 0 radical (unpaired) electrons. The van der Waals surface area contributed by atoms with Gasteiger partial charge in [-0.3, -0.25) is 4.79 Å². The van der Waals surface area contributed by atoms with Crippen LogP contribution in [0.15, 0.2) is 104 Å². The summed E-state index contributed by atoms with van der Waals surface area (Å²) in [6.07, 6.45) is 6.86. The Bertz CT molecular complexity index is 1720. The fourth-order valence-electron chi connectivity index (χ4n) is 4.24. The zero-order valence-corrected chi connectivity index (χ0v) is 23.5. The Labute approximate surface area is 243 Å². The molecule has 1 amide bonds. The van der Waals surface area contributed by atoms with E-state index in [0.29, 0.717) is 28.9 Å². The Morgan fingerprint density at radius 2 is 1.78 bits per heavy atom. The average Bonchev–Trinajstić information content (AvgIpc) is 3.38. The number of nitrogens with zero attached hydrogens (tertiary/aromatic N) is 3. The minimum Gasteiger partial charge on any atom is -0.360 e. The van der Waals surface area contributed by atoms with Crippen molar-refractivity contribution in [2.24, 2.45) is 0 Å². The van der Waals surface area contributed by atoms with Gasteiger partial charge < -0.3 is 25.8 Å². The van der Waals surface area contributed by atoms with Gasteiger partial charge in [-0.15, -0.1) is 0 Å². The second-order valence-corrected chi connectivity index (χ2v) is 10.1. The first-order valence-corrected chi connectivity index (χ1v) is 13.4. The summed E-state index contributed by atoms with van der Waals surface area (Å²) in [5.74, 6) is 0.263. The minimum absolute atomic E-state index is 0.167. The quantitative estimate of drug-likeness (QED) is 0.135. The number of aromatic nitrogens is 3. The predicted octanol–water partition coefficient (Wildman–Crippen LogP) is 7.16. The molecular formula is C32H30ClN7O. The van der Waals surface area contributed by atoms with Gasteiger partial charge in [0.05, 0.1) is 16.9 Å². The predicted molar refractivity (Wildman–Crippen MR) is 169 cm³/mol. The second kappa shape index (κ2) is 12.5. The first kappa shape index (κ1) is 27.6. The molecule has 5 aromatic rings. The largest absolute Gasteiger partial charge is 0.360 e. The molecular weight excluding hydrogens is 534 g/mol. The van der Waals surface area contributed by atoms with Gasteiger partial charge in [-0.2, -0.15) is 0 Å². The van der Waals surface area contributed by atoms with E-state index in [1.807, 2.05) is 104 Å². The fraction of sp³-hybridized carbons (Fsp3) is 0.0938. The molecule has 0 saturated carbocycles. The number of rotatable bonds is 10. The molecule has 0 aliphatic carbocycles. The smallest absolute Gasteiger partial charge is 0.248 e. The summed E-state index contributed by atoms with van der Waals surface area (Å²) in [5.41, 5.74) is 6.54. The Kier molecular flexibility index (Phi) is 8.43. The van der Waals surface area contributed by atoms with Gasteiger partial charge in [0.25, 0.3) is 0 Å². The fourth-order valence-corrected chi connectivity index (χ4v) is 4.44. The van der Waals surface area contributed by atoms with Crippen LogP contribution in [0.3, 0.4) is 0 Å². The first-order chi connectivity index (χ1) is 19.9. The Hall–Kier alpha value is -4.92. The highest BCUT2D eigenvalue weighted by Gasteiger charge is 2.13. The van der Waals surface area contributed by atoms with E-state index in [4.69, 9.17) is 16.6 Å². The molecule has 2 heterocycles. The van der Waals surface area contributed by atoms with Crippen LogP contribution in [-0.2, 0) is 4.79 Å². The van der Waals surface area contributed by atoms with Gasteiger partial charge in [-0.25, -0.2) is 9.97 Å². The molecule has 4 N–H and O–H groups in total. The number of hydrogen-bond acceptors (Lipinski definition) is 6. The maximum absolute atomic E-state index is 12.1. The molecule has 0 fully saturated rings. The van der Waals surface area contributed by atoms with Gasteiger partial charge in [-0.1, -0.05) is 60.7 Å². The van der Waals surface area contributed by atoms with Crippen LogP contribution >= 0.6 is 11.6 Å². The summed E-state index contributed by atoms with van der Waals surface area (Å²) >= 11 is 6.49. The molecule has 0 bridgehead atoms. The van der Waals surface area contributed by atoms with E-state index in [1.165, 1.54) is 6.08 Å². The van der Waals surface area contributed by atoms with Gasteiger partial charge >= 0.3 is 0 Å².